The third kappa shape index (κ3) is 8.41. The van der Waals surface area contributed by atoms with Crippen LogP contribution >= 0.6 is 0 Å². The third-order valence-corrected chi connectivity index (χ3v) is 3.55. The van der Waals surface area contributed by atoms with E-state index < -0.39 is 0 Å². The van der Waals surface area contributed by atoms with Gasteiger partial charge in [0.1, 0.15) is 11.5 Å². The van der Waals surface area contributed by atoms with Crippen LogP contribution in [0.1, 0.15) is 0 Å². The first-order chi connectivity index (χ1) is 13.0. The smallest absolute Gasteiger partial charge is 0.114 e. The van der Waals surface area contributed by atoms with Gasteiger partial charge in [-0.25, -0.2) is 0 Å². The average molecular weight is 360 g/mol. The maximum Gasteiger partial charge on any atom is 0.114 e. The van der Waals surface area contributed by atoms with E-state index in [1.807, 2.05) is 18.2 Å². The molecule has 0 saturated carbocycles. The Labute approximate surface area is 163 Å². The molecule has 0 atom stereocenters. The number of rotatable bonds is 12. The molecule has 0 spiro atoms. The van der Waals surface area contributed by atoms with Gasteiger partial charge in [0.05, 0.1) is 0 Å². The molecule has 0 radical (unpaired) electrons. The molecule has 0 aliphatic heterocycles. The van der Waals surface area contributed by atoms with Crippen molar-refractivity contribution in [3.8, 4) is 0 Å². The summed E-state index contributed by atoms with van der Waals surface area (Å²) in [4.78, 5) is 0. The lowest BCUT2D eigenvalue weighted by atomic mass is 9.83. The summed E-state index contributed by atoms with van der Waals surface area (Å²) in [6, 6.07) is 0. The van der Waals surface area contributed by atoms with Crippen LogP contribution in [0.2, 0.25) is 0 Å². The van der Waals surface area contributed by atoms with Gasteiger partial charge in [0, 0.05) is 5.92 Å². The van der Waals surface area contributed by atoms with E-state index in [4.69, 9.17) is 0 Å². The Hall–Kier alpha value is -3.52. The molecule has 0 aliphatic rings. The molecule has 140 valence electrons. The van der Waals surface area contributed by atoms with Crippen molar-refractivity contribution in [2.24, 2.45) is 5.92 Å². The van der Waals surface area contributed by atoms with E-state index in [2.05, 4.69) is 39.5 Å². The maximum absolute atomic E-state index is 9.68. The fourth-order valence-corrected chi connectivity index (χ4v) is 2.17. The van der Waals surface area contributed by atoms with Crippen LogP contribution in [0.3, 0.4) is 0 Å². The molecule has 0 saturated heterocycles. The minimum absolute atomic E-state index is 0.0390. The summed E-state index contributed by atoms with van der Waals surface area (Å²) in [5.41, 5.74) is 2.49. The lowest BCUT2D eigenvalue weighted by Gasteiger charge is -2.21. The normalized spacial score (nSPS) is 14.2. The monoisotopic (exact) mass is 360 g/mol. The molecule has 0 fully saturated rings. The minimum atomic E-state index is -0.269. The quantitative estimate of drug-likeness (QED) is 0.292. The third-order valence-electron chi connectivity index (χ3n) is 3.55. The van der Waals surface area contributed by atoms with Crippen molar-refractivity contribution in [2.45, 2.75) is 0 Å². The Morgan fingerprint density at radius 3 is 1.26 bits per heavy atom. The van der Waals surface area contributed by atoms with E-state index in [1.165, 1.54) is 24.3 Å². The summed E-state index contributed by atoms with van der Waals surface area (Å²) in [7, 11) is 0. The highest BCUT2D eigenvalue weighted by molar-refractivity contribution is 5.48. The molecule has 0 aromatic rings. The van der Waals surface area contributed by atoms with E-state index in [-0.39, 0.29) is 17.4 Å². The van der Waals surface area contributed by atoms with Crippen LogP contribution in [0.5, 0.6) is 0 Å². The van der Waals surface area contributed by atoms with Crippen molar-refractivity contribution in [3.63, 3.8) is 0 Å². The van der Waals surface area contributed by atoms with E-state index in [9.17, 15) is 10.2 Å². The number of hydrogen-bond donors (Lipinski definition) is 2. The molecule has 0 aliphatic carbocycles. The highest BCUT2D eigenvalue weighted by atomic mass is 16.3. The number of allylic oxidation sites excluding steroid dienone is 16. The van der Waals surface area contributed by atoms with E-state index in [0.29, 0.717) is 0 Å². The molecule has 2 heteroatoms. The molecule has 0 aromatic heterocycles. The summed E-state index contributed by atoms with van der Waals surface area (Å²) >= 11 is 0. The Morgan fingerprint density at radius 2 is 0.926 bits per heavy atom. The largest absolute Gasteiger partial charge is 0.508 e. The SMILES string of the molecule is C=C/C=C\C=C(/C=C)C(/C(C=C)=C/C=C(/O)C=C)/C(C=C)=C/C=C(/O)C=C. The Kier molecular flexibility index (Phi) is 11.9. The first-order valence-electron chi connectivity index (χ1n) is 8.32. The molecule has 2 nitrogen and oxygen atoms in total. The fraction of sp³-hybridized carbons (Fsp3) is 0.0400. The summed E-state index contributed by atoms with van der Waals surface area (Å²) < 4.78 is 0. The van der Waals surface area contributed by atoms with Crippen molar-refractivity contribution in [3.05, 3.63) is 147 Å². The van der Waals surface area contributed by atoms with Gasteiger partial charge in [-0.05, 0) is 41.0 Å². The van der Waals surface area contributed by atoms with Gasteiger partial charge in [0.2, 0.25) is 0 Å². The van der Waals surface area contributed by atoms with Crippen molar-refractivity contribution in [1.82, 2.24) is 0 Å². The molecule has 0 aromatic carbocycles. The van der Waals surface area contributed by atoms with Gasteiger partial charge < -0.3 is 10.2 Å². The first kappa shape index (κ1) is 23.5. The number of aliphatic hydroxyl groups excluding tert-OH is 2. The van der Waals surface area contributed by atoms with Crippen LogP contribution in [0.15, 0.2) is 147 Å². The molecule has 2 N–H and O–H groups in total. The zero-order chi connectivity index (χ0) is 20.7. The highest BCUT2D eigenvalue weighted by Gasteiger charge is 2.18. The summed E-state index contributed by atoms with van der Waals surface area (Å²) in [5, 5.41) is 19.4. The summed E-state index contributed by atoms with van der Waals surface area (Å²) in [5.74, 6) is -0.191. The second-order valence-corrected chi connectivity index (χ2v) is 5.26. The zero-order valence-corrected chi connectivity index (χ0v) is 15.7. The lowest BCUT2D eigenvalue weighted by Crippen LogP contribution is -2.08. The Morgan fingerprint density at radius 1 is 0.519 bits per heavy atom. The number of hydrogen-bond acceptors (Lipinski definition) is 2. The second kappa shape index (κ2) is 13.7. The van der Waals surface area contributed by atoms with E-state index in [1.54, 1.807) is 36.5 Å². The van der Waals surface area contributed by atoms with Crippen molar-refractivity contribution in [1.29, 1.82) is 0 Å². The standard InChI is InChI=1S/C25H28O2/c1-7-13-14-15-20(8-2)25(21(9-3)16-18-23(26)11-5)22(10-4)17-19-24(27)12-6/h7-19,25-27H,1-6H2/b14-13-,20-15+,21-16+,22-17+,23-18+,24-19+. The predicted molar refractivity (Wildman–Crippen MR) is 119 cm³/mol. The molecule has 0 bridgehead atoms. The first-order valence-corrected chi connectivity index (χ1v) is 8.32. The van der Waals surface area contributed by atoms with E-state index >= 15 is 0 Å². The molecule has 27 heavy (non-hydrogen) atoms. The topological polar surface area (TPSA) is 40.5 Å². The average Bonchev–Trinajstić information content (AvgIpc) is 2.70. The van der Waals surface area contributed by atoms with Crippen molar-refractivity contribution in [2.75, 3.05) is 0 Å². The van der Waals surface area contributed by atoms with E-state index in [0.717, 1.165) is 16.7 Å². The molecule has 0 heterocycles. The summed E-state index contributed by atoms with van der Waals surface area (Å²) in [6.45, 7) is 22.4. The lowest BCUT2D eigenvalue weighted by molar-refractivity contribution is 0.432. The van der Waals surface area contributed by atoms with Crippen LogP contribution in [0.25, 0.3) is 0 Å². The Balaban J connectivity index is 6.59. The Bertz CT molecular complexity index is 716. The molecular weight excluding hydrogens is 332 g/mol. The number of aliphatic hydroxyl groups is 2. The van der Waals surface area contributed by atoms with Gasteiger partial charge in [-0.2, -0.15) is 0 Å². The minimum Gasteiger partial charge on any atom is -0.508 e. The predicted octanol–water partition coefficient (Wildman–Crippen LogP) is 6.94. The zero-order valence-electron chi connectivity index (χ0n) is 15.7. The second-order valence-electron chi connectivity index (χ2n) is 5.26. The van der Waals surface area contributed by atoms with Crippen molar-refractivity contribution < 1.29 is 10.2 Å². The van der Waals surface area contributed by atoms with Crippen LogP contribution in [0.4, 0.5) is 0 Å². The molecular formula is C25H28O2. The van der Waals surface area contributed by atoms with Gasteiger partial charge in [0.15, 0.2) is 0 Å². The van der Waals surface area contributed by atoms with Crippen LogP contribution < -0.4 is 0 Å². The van der Waals surface area contributed by atoms with Gasteiger partial charge in [-0.15, -0.1) is 0 Å². The van der Waals surface area contributed by atoms with Gasteiger partial charge in [0.25, 0.3) is 0 Å². The summed E-state index contributed by atoms with van der Waals surface area (Å²) in [6.07, 6.45) is 21.6. The molecule has 0 rings (SSSR count). The fourth-order valence-electron chi connectivity index (χ4n) is 2.17. The van der Waals surface area contributed by atoms with Crippen LogP contribution in [-0.4, -0.2) is 10.2 Å². The van der Waals surface area contributed by atoms with Gasteiger partial charge in [-0.1, -0.05) is 94.2 Å². The highest BCUT2D eigenvalue weighted by Crippen LogP contribution is 2.31. The van der Waals surface area contributed by atoms with Crippen molar-refractivity contribution >= 4 is 0 Å². The maximum atomic E-state index is 9.68. The van der Waals surface area contributed by atoms with Crippen LogP contribution in [0, 0.1) is 5.92 Å². The van der Waals surface area contributed by atoms with Gasteiger partial charge >= 0.3 is 0 Å². The molecule has 0 unspecified atom stereocenters. The van der Waals surface area contributed by atoms with Gasteiger partial charge in [-0.3, -0.25) is 0 Å². The molecule has 0 amide bonds. The van der Waals surface area contributed by atoms with Crippen LogP contribution in [-0.2, 0) is 0 Å².